The first kappa shape index (κ1) is 15.7. The zero-order valence-corrected chi connectivity index (χ0v) is 12.2. The van der Waals surface area contributed by atoms with Gasteiger partial charge in [0.25, 0.3) is 5.91 Å². The molecule has 116 valence electrons. The summed E-state index contributed by atoms with van der Waals surface area (Å²) in [7, 11) is 0. The molecule has 0 aliphatic rings. The summed E-state index contributed by atoms with van der Waals surface area (Å²) in [5.41, 5.74) is 1.57. The van der Waals surface area contributed by atoms with Gasteiger partial charge in [-0.15, -0.1) is 0 Å². The van der Waals surface area contributed by atoms with Crippen LogP contribution < -0.4 is 5.32 Å². The first-order valence-corrected chi connectivity index (χ1v) is 6.74. The van der Waals surface area contributed by atoms with E-state index < -0.39 is 18.4 Å². The number of benzene rings is 1. The number of hydrogen-bond acceptors (Lipinski definition) is 3. The second-order valence-electron chi connectivity index (χ2n) is 5.06. The molecule has 0 spiro atoms. The van der Waals surface area contributed by atoms with Crippen LogP contribution in [0.2, 0.25) is 0 Å². The van der Waals surface area contributed by atoms with E-state index in [4.69, 9.17) is 5.11 Å². The maximum Gasteiger partial charge on any atom is 0.322 e. The number of amides is 1. The van der Waals surface area contributed by atoms with Crippen molar-refractivity contribution >= 4 is 11.9 Å². The highest BCUT2D eigenvalue weighted by molar-refractivity contribution is 5.96. The molecule has 2 N–H and O–H groups in total. The van der Waals surface area contributed by atoms with Gasteiger partial charge in [-0.05, 0) is 30.2 Å². The number of carbonyl (C=O) groups is 2. The Morgan fingerprint density at radius 3 is 2.50 bits per heavy atom. The van der Waals surface area contributed by atoms with Crippen molar-refractivity contribution in [1.29, 1.82) is 0 Å². The normalized spacial score (nSPS) is 10.7. The van der Waals surface area contributed by atoms with Crippen LogP contribution in [0.25, 0.3) is 5.69 Å². The maximum absolute atomic E-state index is 13.0. The van der Waals surface area contributed by atoms with Crippen LogP contribution in [-0.4, -0.2) is 33.3 Å². The second-order valence-corrected chi connectivity index (χ2v) is 5.06. The molecule has 0 unspecified atom stereocenters. The van der Waals surface area contributed by atoms with E-state index in [-0.39, 0.29) is 11.7 Å². The number of nitrogens with one attached hydrogen (secondary N) is 1. The highest BCUT2D eigenvalue weighted by Gasteiger charge is 2.21. The van der Waals surface area contributed by atoms with Crippen molar-refractivity contribution in [3.63, 3.8) is 0 Å². The van der Waals surface area contributed by atoms with Crippen molar-refractivity contribution in [2.24, 2.45) is 0 Å². The molecule has 6 nitrogen and oxygen atoms in total. The van der Waals surface area contributed by atoms with Crippen LogP contribution in [0.5, 0.6) is 0 Å². The van der Waals surface area contributed by atoms with E-state index in [2.05, 4.69) is 10.4 Å². The molecule has 1 aromatic carbocycles. The molecule has 0 bridgehead atoms. The Bertz CT molecular complexity index is 693. The Labute approximate surface area is 126 Å². The summed E-state index contributed by atoms with van der Waals surface area (Å²) in [6, 6.07) is 5.75. The fraction of sp³-hybridized carbons (Fsp3) is 0.267. The van der Waals surface area contributed by atoms with E-state index in [0.29, 0.717) is 16.9 Å². The Morgan fingerprint density at radius 2 is 1.95 bits per heavy atom. The third-order valence-corrected chi connectivity index (χ3v) is 3.07. The van der Waals surface area contributed by atoms with Crippen LogP contribution in [-0.2, 0) is 4.79 Å². The molecule has 0 fully saturated rings. The summed E-state index contributed by atoms with van der Waals surface area (Å²) in [6.45, 7) is 3.33. The zero-order valence-electron chi connectivity index (χ0n) is 12.2. The van der Waals surface area contributed by atoms with Crippen molar-refractivity contribution in [2.45, 2.75) is 19.8 Å². The van der Waals surface area contributed by atoms with E-state index in [1.807, 2.05) is 13.8 Å². The summed E-state index contributed by atoms with van der Waals surface area (Å²) in [4.78, 5) is 22.6. The van der Waals surface area contributed by atoms with Crippen molar-refractivity contribution < 1.29 is 19.1 Å². The Balaban J connectivity index is 2.39. The van der Waals surface area contributed by atoms with Crippen molar-refractivity contribution in [2.75, 3.05) is 6.54 Å². The molecular formula is C15H16FN3O3. The van der Waals surface area contributed by atoms with Gasteiger partial charge in [-0.1, -0.05) is 13.8 Å². The minimum Gasteiger partial charge on any atom is -0.480 e. The summed E-state index contributed by atoms with van der Waals surface area (Å²) < 4.78 is 14.6. The molecule has 1 aromatic heterocycles. The van der Waals surface area contributed by atoms with E-state index >= 15 is 0 Å². The average Bonchev–Trinajstić information content (AvgIpc) is 2.90. The standard InChI is InChI=1S/C15H16FN3O3/c1-9(2)14-12(15(22)17-8-13(20)21)7-18-19(14)11-5-3-10(16)4-6-11/h3-7,9H,8H2,1-2H3,(H,17,22)(H,20,21). The number of carboxylic acids is 1. The van der Waals surface area contributed by atoms with Gasteiger partial charge in [-0.2, -0.15) is 5.10 Å². The minimum absolute atomic E-state index is 0.0295. The second kappa shape index (κ2) is 6.38. The summed E-state index contributed by atoms with van der Waals surface area (Å²) >= 11 is 0. The van der Waals surface area contributed by atoms with Crippen molar-refractivity contribution in [3.05, 3.63) is 47.5 Å². The smallest absolute Gasteiger partial charge is 0.322 e. The van der Waals surface area contributed by atoms with E-state index in [1.54, 1.807) is 16.8 Å². The lowest BCUT2D eigenvalue weighted by Gasteiger charge is -2.12. The Morgan fingerprint density at radius 1 is 1.32 bits per heavy atom. The van der Waals surface area contributed by atoms with E-state index in [0.717, 1.165) is 0 Å². The lowest BCUT2D eigenvalue weighted by Crippen LogP contribution is -2.30. The lowest BCUT2D eigenvalue weighted by molar-refractivity contribution is -0.135. The van der Waals surface area contributed by atoms with Gasteiger partial charge in [0.05, 0.1) is 23.1 Å². The van der Waals surface area contributed by atoms with Gasteiger partial charge in [0.1, 0.15) is 12.4 Å². The zero-order chi connectivity index (χ0) is 16.3. The van der Waals surface area contributed by atoms with Gasteiger partial charge in [-0.3, -0.25) is 9.59 Å². The third kappa shape index (κ3) is 3.30. The highest BCUT2D eigenvalue weighted by Crippen LogP contribution is 2.23. The molecule has 0 radical (unpaired) electrons. The molecule has 22 heavy (non-hydrogen) atoms. The molecule has 0 saturated heterocycles. The van der Waals surface area contributed by atoms with Gasteiger partial charge in [-0.25, -0.2) is 9.07 Å². The number of carboxylic acid groups (broad SMARTS) is 1. The molecule has 7 heteroatoms. The fourth-order valence-electron chi connectivity index (χ4n) is 2.13. The number of hydrogen-bond donors (Lipinski definition) is 2. The van der Waals surface area contributed by atoms with Crippen LogP contribution >= 0.6 is 0 Å². The number of nitrogens with zero attached hydrogens (tertiary/aromatic N) is 2. The average molecular weight is 305 g/mol. The van der Waals surface area contributed by atoms with Crippen LogP contribution in [0.1, 0.15) is 35.8 Å². The number of rotatable bonds is 5. The van der Waals surface area contributed by atoms with Crippen LogP contribution in [0.3, 0.4) is 0 Å². The number of halogens is 1. The fourth-order valence-corrected chi connectivity index (χ4v) is 2.13. The molecule has 1 amide bonds. The first-order valence-electron chi connectivity index (χ1n) is 6.74. The van der Waals surface area contributed by atoms with Crippen LogP contribution in [0.4, 0.5) is 4.39 Å². The molecule has 0 aliphatic carbocycles. The van der Waals surface area contributed by atoms with Gasteiger partial charge in [0.15, 0.2) is 0 Å². The van der Waals surface area contributed by atoms with Crippen molar-refractivity contribution in [3.8, 4) is 5.69 Å². The molecule has 2 rings (SSSR count). The first-order chi connectivity index (χ1) is 10.4. The number of aliphatic carboxylic acids is 1. The summed E-state index contributed by atoms with van der Waals surface area (Å²) in [5, 5.41) is 15.1. The Kier molecular flexibility index (Phi) is 4.55. The van der Waals surface area contributed by atoms with Gasteiger partial charge < -0.3 is 10.4 Å². The Hall–Kier alpha value is -2.70. The predicted molar refractivity (Wildman–Crippen MR) is 77.6 cm³/mol. The minimum atomic E-state index is -1.12. The highest BCUT2D eigenvalue weighted by atomic mass is 19.1. The largest absolute Gasteiger partial charge is 0.480 e. The van der Waals surface area contributed by atoms with Crippen molar-refractivity contribution in [1.82, 2.24) is 15.1 Å². The van der Waals surface area contributed by atoms with Crippen LogP contribution in [0, 0.1) is 5.82 Å². The summed E-state index contributed by atoms with van der Waals surface area (Å²) in [6.07, 6.45) is 1.38. The molecule has 2 aromatic rings. The molecule has 0 aliphatic heterocycles. The van der Waals surface area contributed by atoms with E-state index in [1.165, 1.54) is 18.3 Å². The van der Waals surface area contributed by atoms with Crippen LogP contribution in [0.15, 0.2) is 30.5 Å². The number of carbonyl (C=O) groups excluding carboxylic acids is 1. The SMILES string of the molecule is CC(C)c1c(C(=O)NCC(=O)O)cnn1-c1ccc(F)cc1. The monoisotopic (exact) mass is 305 g/mol. The lowest BCUT2D eigenvalue weighted by atomic mass is 10.1. The topological polar surface area (TPSA) is 84.2 Å². The third-order valence-electron chi connectivity index (χ3n) is 3.07. The molecular weight excluding hydrogens is 289 g/mol. The number of aromatic nitrogens is 2. The molecule has 0 saturated carbocycles. The molecule has 1 heterocycles. The summed E-state index contributed by atoms with van der Waals surface area (Å²) in [5.74, 6) is -2.01. The maximum atomic E-state index is 13.0. The molecule has 0 atom stereocenters. The van der Waals surface area contributed by atoms with E-state index in [9.17, 15) is 14.0 Å². The van der Waals surface area contributed by atoms with Gasteiger partial charge in [0, 0.05) is 0 Å². The predicted octanol–water partition coefficient (Wildman–Crippen LogP) is 1.95. The van der Waals surface area contributed by atoms with Gasteiger partial charge in [0.2, 0.25) is 0 Å². The van der Waals surface area contributed by atoms with Gasteiger partial charge >= 0.3 is 5.97 Å². The quantitative estimate of drug-likeness (QED) is 0.884.